The first-order chi connectivity index (χ1) is 16.0. The number of aliphatic hydroxyl groups excluding tert-OH is 4. The number of fused-ring (bicyclic) bond motifs is 1. The Bertz CT molecular complexity index is 1280. The van der Waals surface area contributed by atoms with Crippen molar-refractivity contribution in [2.45, 2.75) is 30.7 Å². The maximum atomic E-state index is 12.7. The number of ether oxygens (including phenoxy) is 2. The van der Waals surface area contributed by atoms with Gasteiger partial charge in [0.25, 0.3) is 0 Å². The number of benzene rings is 2. The van der Waals surface area contributed by atoms with Crippen molar-refractivity contribution in [1.82, 2.24) is 0 Å². The quantitative estimate of drug-likeness (QED) is 0.208. The van der Waals surface area contributed by atoms with Gasteiger partial charge in [-0.05, 0) is 12.1 Å². The predicted octanol–water partition coefficient (Wildman–Crippen LogP) is -0.833. The summed E-state index contributed by atoms with van der Waals surface area (Å²) in [4.78, 5) is 12.7. The number of phenolic OH excluding ortho intramolecular Hbond substituents is 5. The summed E-state index contributed by atoms with van der Waals surface area (Å²) in [6, 6.07) is 3.83. The largest absolute Gasteiger partial charge is 0.504 e. The van der Waals surface area contributed by atoms with Crippen LogP contribution in [0.5, 0.6) is 34.5 Å². The molecule has 4 rings (SSSR count). The lowest BCUT2D eigenvalue weighted by Gasteiger charge is -2.39. The molecule has 0 bridgehead atoms. The van der Waals surface area contributed by atoms with E-state index in [9.17, 15) is 50.8 Å². The Labute approximate surface area is 189 Å². The maximum Gasteiger partial charge on any atom is 0.229 e. The molecule has 1 fully saturated rings. The molecule has 1 aliphatic rings. The summed E-state index contributed by atoms with van der Waals surface area (Å²) in [6.07, 6.45) is -8.37. The third-order valence-corrected chi connectivity index (χ3v) is 5.36. The average Bonchev–Trinajstić information content (AvgIpc) is 2.79. The fourth-order valence-electron chi connectivity index (χ4n) is 3.56. The zero-order valence-electron chi connectivity index (χ0n) is 17.1. The second-order valence-corrected chi connectivity index (χ2v) is 7.60. The van der Waals surface area contributed by atoms with E-state index in [2.05, 4.69) is 0 Å². The van der Waals surface area contributed by atoms with E-state index in [-0.39, 0.29) is 16.9 Å². The second kappa shape index (κ2) is 8.55. The molecule has 1 aromatic heterocycles. The van der Waals surface area contributed by atoms with Crippen LogP contribution in [0.2, 0.25) is 0 Å². The van der Waals surface area contributed by atoms with Gasteiger partial charge in [-0.15, -0.1) is 0 Å². The first-order valence-corrected chi connectivity index (χ1v) is 9.78. The Kier molecular flexibility index (Phi) is 5.89. The molecule has 9 N–H and O–H groups in total. The lowest BCUT2D eigenvalue weighted by Crippen LogP contribution is -2.60. The number of hydrogen-bond acceptors (Lipinski definition) is 13. The van der Waals surface area contributed by atoms with E-state index in [4.69, 9.17) is 13.9 Å². The first-order valence-electron chi connectivity index (χ1n) is 9.78. The Morgan fingerprint density at radius 2 is 1.47 bits per heavy atom. The summed E-state index contributed by atoms with van der Waals surface area (Å²) in [7, 11) is 0. The van der Waals surface area contributed by atoms with Gasteiger partial charge in [0.15, 0.2) is 34.2 Å². The minimum Gasteiger partial charge on any atom is -0.504 e. The molecule has 0 radical (unpaired) electrons. The van der Waals surface area contributed by atoms with Crippen molar-refractivity contribution in [3.8, 4) is 45.8 Å². The van der Waals surface area contributed by atoms with Gasteiger partial charge in [-0.25, -0.2) is 0 Å². The highest BCUT2D eigenvalue weighted by atomic mass is 16.7. The topological polar surface area (TPSA) is 231 Å². The van der Waals surface area contributed by atoms with Crippen LogP contribution < -0.4 is 10.2 Å². The number of phenols is 5. The zero-order valence-corrected chi connectivity index (χ0v) is 17.1. The molecule has 13 nitrogen and oxygen atoms in total. The molecule has 0 aliphatic carbocycles. The van der Waals surface area contributed by atoms with Crippen molar-refractivity contribution in [2.75, 3.05) is 6.61 Å². The molecule has 5 atom stereocenters. The van der Waals surface area contributed by atoms with Gasteiger partial charge in [0.2, 0.25) is 12.0 Å². The highest BCUT2D eigenvalue weighted by molar-refractivity contribution is 5.89. The molecule has 34 heavy (non-hydrogen) atoms. The molecule has 0 saturated carbocycles. The summed E-state index contributed by atoms with van der Waals surface area (Å²) in [5, 5.41) is 88.5. The second-order valence-electron chi connectivity index (χ2n) is 7.60. The van der Waals surface area contributed by atoms with Gasteiger partial charge in [0, 0.05) is 17.7 Å². The van der Waals surface area contributed by atoms with Crippen molar-refractivity contribution in [3.63, 3.8) is 0 Å². The van der Waals surface area contributed by atoms with Crippen molar-refractivity contribution in [2.24, 2.45) is 0 Å². The van der Waals surface area contributed by atoms with E-state index in [1.54, 1.807) is 0 Å². The predicted molar refractivity (Wildman–Crippen MR) is 111 cm³/mol. The Morgan fingerprint density at radius 3 is 2.09 bits per heavy atom. The molecule has 2 heterocycles. The van der Waals surface area contributed by atoms with Crippen LogP contribution in [-0.4, -0.2) is 83.3 Å². The molecule has 182 valence electrons. The van der Waals surface area contributed by atoms with Crippen LogP contribution in [0.1, 0.15) is 0 Å². The molecule has 0 amide bonds. The Hall–Kier alpha value is -3.75. The molecule has 13 heteroatoms. The van der Waals surface area contributed by atoms with Gasteiger partial charge in [-0.2, -0.15) is 0 Å². The zero-order chi connectivity index (χ0) is 24.9. The highest BCUT2D eigenvalue weighted by Gasteiger charge is 2.45. The summed E-state index contributed by atoms with van der Waals surface area (Å²) in [5.74, 6) is -4.72. The Morgan fingerprint density at radius 1 is 0.824 bits per heavy atom. The van der Waals surface area contributed by atoms with E-state index in [1.165, 1.54) is 0 Å². The molecule has 0 spiro atoms. The van der Waals surface area contributed by atoms with Crippen LogP contribution in [0, 0.1) is 0 Å². The summed E-state index contributed by atoms with van der Waals surface area (Å²) < 4.78 is 16.0. The van der Waals surface area contributed by atoms with Crippen molar-refractivity contribution in [1.29, 1.82) is 0 Å². The lowest BCUT2D eigenvalue weighted by atomic mass is 9.99. The van der Waals surface area contributed by atoms with Gasteiger partial charge in [0.1, 0.15) is 41.1 Å². The van der Waals surface area contributed by atoms with Crippen molar-refractivity contribution < 1.29 is 59.8 Å². The molecule has 5 unspecified atom stereocenters. The SMILES string of the molecule is O=c1cc(-c2cc(O)c(O)c(O)c2)oc2cc(O)c(OC3OC(CO)C(O)C(O)C3O)c(O)c12. The number of hydrogen-bond donors (Lipinski definition) is 9. The molecule has 1 saturated heterocycles. The molecule has 2 aromatic carbocycles. The summed E-state index contributed by atoms with van der Waals surface area (Å²) in [6.45, 7) is -0.741. The smallest absolute Gasteiger partial charge is 0.229 e. The van der Waals surface area contributed by atoms with Crippen LogP contribution in [0.3, 0.4) is 0 Å². The van der Waals surface area contributed by atoms with Crippen LogP contribution in [0.15, 0.2) is 33.5 Å². The summed E-state index contributed by atoms with van der Waals surface area (Å²) in [5.41, 5.74) is -1.17. The van der Waals surface area contributed by atoms with Crippen molar-refractivity contribution in [3.05, 3.63) is 34.5 Å². The Balaban J connectivity index is 1.76. The van der Waals surface area contributed by atoms with Crippen LogP contribution in [-0.2, 0) is 4.74 Å². The van der Waals surface area contributed by atoms with E-state index in [1.807, 2.05) is 0 Å². The van der Waals surface area contributed by atoms with Crippen molar-refractivity contribution >= 4 is 11.0 Å². The maximum absolute atomic E-state index is 12.7. The van der Waals surface area contributed by atoms with E-state index >= 15 is 0 Å². The third-order valence-electron chi connectivity index (χ3n) is 5.36. The fraction of sp³-hybridized carbons (Fsp3) is 0.286. The van der Waals surface area contributed by atoms with Crippen LogP contribution in [0.4, 0.5) is 0 Å². The molecule has 3 aromatic rings. The minimum atomic E-state index is -1.85. The number of aromatic hydroxyl groups is 5. The minimum absolute atomic E-state index is 0.00701. The molecular formula is C21H20O13. The average molecular weight is 480 g/mol. The molecule has 1 aliphatic heterocycles. The van der Waals surface area contributed by atoms with E-state index < -0.39 is 82.6 Å². The lowest BCUT2D eigenvalue weighted by molar-refractivity contribution is -0.277. The third kappa shape index (κ3) is 3.81. The monoisotopic (exact) mass is 480 g/mol. The van der Waals surface area contributed by atoms with Crippen LogP contribution in [0.25, 0.3) is 22.3 Å². The van der Waals surface area contributed by atoms with Gasteiger partial charge in [0.05, 0.1) is 6.61 Å². The normalized spacial score (nSPS) is 24.9. The van der Waals surface area contributed by atoms with E-state index in [0.717, 1.165) is 24.3 Å². The van der Waals surface area contributed by atoms with Gasteiger partial charge < -0.3 is 59.8 Å². The number of aliphatic hydroxyl groups is 4. The highest BCUT2D eigenvalue weighted by Crippen LogP contribution is 2.44. The van der Waals surface area contributed by atoms with Gasteiger partial charge >= 0.3 is 0 Å². The number of rotatable bonds is 4. The fourth-order valence-corrected chi connectivity index (χ4v) is 3.56. The van der Waals surface area contributed by atoms with Gasteiger partial charge in [-0.1, -0.05) is 0 Å². The van der Waals surface area contributed by atoms with Crippen LogP contribution >= 0.6 is 0 Å². The van der Waals surface area contributed by atoms with Gasteiger partial charge in [-0.3, -0.25) is 4.79 Å². The van der Waals surface area contributed by atoms with E-state index in [0.29, 0.717) is 0 Å². The standard InChI is InChI=1S/C21H20O13/c22-5-13-16(28)18(30)19(31)21(33-13)34-20-10(26)4-12-14(17(20)29)7(23)3-11(32-12)6-1-8(24)15(27)9(25)2-6/h1-4,13,16,18-19,21-22,24-31H,5H2. The first kappa shape index (κ1) is 23.4. The summed E-state index contributed by atoms with van der Waals surface area (Å²) >= 11 is 0. The molecular weight excluding hydrogens is 460 g/mol.